The van der Waals surface area contributed by atoms with Gasteiger partial charge in [-0.3, -0.25) is 0 Å². The minimum atomic E-state index is -0.996. The van der Waals surface area contributed by atoms with Crippen LogP contribution in [-0.4, -0.2) is 24.8 Å². The van der Waals surface area contributed by atoms with Crippen LogP contribution < -0.4 is 9.47 Å². The molecule has 4 nitrogen and oxygen atoms in total. The molecule has 0 aromatic heterocycles. The Hall–Kier alpha value is -2.75. The third kappa shape index (κ3) is 5.11. The highest BCUT2D eigenvalue weighted by Crippen LogP contribution is 2.29. The molecule has 2 aromatic rings. The molecule has 0 saturated carbocycles. The van der Waals surface area contributed by atoms with E-state index in [1.165, 1.54) is 7.11 Å². The minimum absolute atomic E-state index is 0.191. The van der Waals surface area contributed by atoms with E-state index in [1.54, 1.807) is 12.1 Å². The summed E-state index contributed by atoms with van der Waals surface area (Å²) in [5.41, 5.74) is 2.52. The van der Waals surface area contributed by atoms with Gasteiger partial charge in [-0.15, -0.1) is 0 Å². The minimum Gasteiger partial charge on any atom is -0.496 e. The van der Waals surface area contributed by atoms with E-state index >= 15 is 0 Å². The molecular weight excluding hydrogens is 316 g/mol. The average molecular weight is 340 g/mol. The summed E-state index contributed by atoms with van der Waals surface area (Å²) in [6, 6.07) is 12.9. The Morgan fingerprint density at radius 1 is 1.16 bits per heavy atom. The van der Waals surface area contributed by atoms with Crippen LogP contribution >= 0.6 is 0 Å². The summed E-state index contributed by atoms with van der Waals surface area (Å²) in [7, 11) is 1.54. The molecule has 0 unspecified atom stereocenters. The Kier molecular flexibility index (Phi) is 6.23. The molecule has 0 atom stereocenters. The maximum atomic E-state index is 11.8. The second-order valence-corrected chi connectivity index (χ2v) is 6.34. The van der Waals surface area contributed by atoms with E-state index in [0.717, 1.165) is 16.9 Å². The van der Waals surface area contributed by atoms with Crippen LogP contribution in [0.4, 0.5) is 0 Å². The van der Waals surface area contributed by atoms with Gasteiger partial charge in [0.05, 0.1) is 19.3 Å². The van der Waals surface area contributed by atoms with Crippen LogP contribution in [0.25, 0.3) is 11.6 Å². The number of aliphatic carboxylic acids is 1. The van der Waals surface area contributed by atoms with E-state index in [9.17, 15) is 9.90 Å². The number of carbonyl (C=O) groups is 1. The van der Waals surface area contributed by atoms with E-state index in [-0.39, 0.29) is 5.57 Å². The topological polar surface area (TPSA) is 55.8 Å². The molecule has 0 fully saturated rings. The fraction of sp³-hybridized carbons (Fsp3) is 0.286. The lowest BCUT2D eigenvalue weighted by Crippen LogP contribution is -2.04. The first-order valence-corrected chi connectivity index (χ1v) is 8.23. The Bertz CT molecular complexity index is 758. The quantitative estimate of drug-likeness (QED) is 0.588. The van der Waals surface area contributed by atoms with Crippen molar-refractivity contribution in [2.45, 2.75) is 20.8 Å². The number of carboxylic acid groups (broad SMARTS) is 1. The third-order valence-electron chi connectivity index (χ3n) is 3.65. The zero-order chi connectivity index (χ0) is 18.4. The summed E-state index contributed by atoms with van der Waals surface area (Å²) in [5, 5.41) is 9.65. The summed E-state index contributed by atoms with van der Waals surface area (Å²) in [6.07, 6.45) is 1.64. The standard InChI is InChI=1S/C21H24O4/c1-14(2)13-25-17-8-6-16(7-9-17)12-19(21(22)23)18-11-15(3)5-10-20(18)24-4/h5-12,14H,13H2,1-4H3,(H,22,23)/b19-12-. The van der Waals surface area contributed by atoms with Crippen LogP contribution in [0.1, 0.15) is 30.5 Å². The van der Waals surface area contributed by atoms with Crippen molar-refractivity contribution >= 4 is 17.6 Å². The lowest BCUT2D eigenvalue weighted by Gasteiger charge is -2.11. The van der Waals surface area contributed by atoms with Gasteiger partial charge in [0.25, 0.3) is 0 Å². The highest BCUT2D eigenvalue weighted by Gasteiger charge is 2.15. The molecule has 0 spiro atoms. The fourth-order valence-electron chi connectivity index (χ4n) is 2.38. The van der Waals surface area contributed by atoms with E-state index in [4.69, 9.17) is 9.47 Å². The van der Waals surface area contributed by atoms with Crippen molar-refractivity contribution in [1.29, 1.82) is 0 Å². The molecule has 0 radical (unpaired) electrons. The van der Waals surface area contributed by atoms with Gasteiger partial charge in [0.2, 0.25) is 0 Å². The predicted octanol–water partition coefficient (Wildman–Crippen LogP) is 4.66. The van der Waals surface area contributed by atoms with Crippen LogP contribution in [-0.2, 0) is 4.79 Å². The Labute approximate surface area is 148 Å². The molecule has 2 rings (SSSR count). The number of carboxylic acids is 1. The molecule has 0 aliphatic heterocycles. The second-order valence-electron chi connectivity index (χ2n) is 6.34. The van der Waals surface area contributed by atoms with Gasteiger partial charge in [-0.25, -0.2) is 4.79 Å². The van der Waals surface area contributed by atoms with Crippen molar-refractivity contribution in [2.75, 3.05) is 13.7 Å². The monoisotopic (exact) mass is 340 g/mol. The van der Waals surface area contributed by atoms with Gasteiger partial charge < -0.3 is 14.6 Å². The highest BCUT2D eigenvalue weighted by atomic mass is 16.5. The first-order chi connectivity index (χ1) is 11.9. The van der Waals surface area contributed by atoms with Crippen molar-refractivity contribution in [3.63, 3.8) is 0 Å². The van der Waals surface area contributed by atoms with E-state index in [1.807, 2.05) is 43.3 Å². The van der Waals surface area contributed by atoms with Crippen molar-refractivity contribution < 1.29 is 19.4 Å². The summed E-state index contributed by atoms with van der Waals surface area (Å²) in [4.78, 5) is 11.8. The Morgan fingerprint density at radius 2 is 1.84 bits per heavy atom. The van der Waals surface area contributed by atoms with Gasteiger partial charge in [-0.05, 0) is 48.7 Å². The molecule has 0 aliphatic carbocycles. The normalized spacial score (nSPS) is 11.5. The fourth-order valence-corrected chi connectivity index (χ4v) is 2.38. The number of hydrogen-bond donors (Lipinski definition) is 1. The summed E-state index contributed by atoms with van der Waals surface area (Å²) < 4.78 is 11.0. The summed E-state index contributed by atoms with van der Waals surface area (Å²) >= 11 is 0. The van der Waals surface area contributed by atoms with E-state index in [0.29, 0.717) is 23.8 Å². The highest BCUT2D eigenvalue weighted by molar-refractivity contribution is 6.21. The molecule has 132 valence electrons. The molecule has 0 heterocycles. The van der Waals surface area contributed by atoms with Crippen molar-refractivity contribution in [1.82, 2.24) is 0 Å². The number of methoxy groups -OCH3 is 1. The van der Waals surface area contributed by atoms with Gasteiger partial charge in [0, 0.05) is 5.56 Å². The number of rotatable bonds is 7. The molecule has 0 bridgehead atoms. The molecular formula is C21H24O4. The summed E-state index contributed by atoms with van der Waals surface area (Å²) in [5.74, 6) is 0.767. The van der Waals surface area contributed by atoms with Gasteiger partial charge in [0.1, 0.15) is 11.5 Å². The van der Waals surface area contributed by atoms with Crippen LogP contribution in [0.2, 0.25) is 0 Å². The Morgan fingerprint density at radius 3 is 2.40 bits per heavy atom. The molecule has 0 aliphatic rings. The first kappa shape index (κ1) is 18.6. The van der Waals surface area contributed by atoms with E-state index < -0.39 is 5.97 Å². The lowest BCUT2D eigenvalue weighted by atomic mass is 10.00. The molecule has 0 saturated heterocycles. The Balaban J connectivity index is 2.35. The number of ether oxygens (including phenoxy) is 2. The maximum absolute atomic E-state index is 11.8. The molecule has 0 amide bonds. The first-order valence-electron chi connectivity index (χ1n) is 8.23. The molecule has 25 heavy (non-hydrogen) atoms. The van der Waals surface area contributed by atoms with Gasteiger partial charge in [-0.1, -0.05) is 37.6 Å². The lowest BCUT2D eigenvalue weighted by molar-refractivity contribution is -0.130. The maximum Gasteiger partial charge on any atom is 0.336 e. The number of hydrogen-bond acceptors (Lipinski definition) is 3. The summed E-state index contributed by atoms with van der Waals surface area (Å²) in [6.45, 7) is 6.75. The molecule has 1 N–H and O–H groups in total. The molecule has 4 heteroatoms. The third-order valence-corrected chi connectivity index (χ3v) is 3.65. The smallest absolute Gasteiger partial charge is 0.336 e. The van der Waals surface area contributed by atoms with Crippen LogP contribution in [0.3, 0.4) is 0 Å². The largest absolute Gasteiger partial charge is 0.496 e. The zero-order valence-corrected chi connectivity index (χ0v) is 15.1. The van der Waals surface area contributed by atoms with Gasteiger partial charge >= 0.3 is 5.97 Å². The SMILES string of the molecule is COc1ccc(C)cc1/C(=C/c1ccc(OCC(C)C)cc1)C(=O)O. The predicted molar refractivity (Wildman–Crippen MR) is 100 cm³/mol. The van der Waals surface area contributed by atoms with Crippen LogP contribution in [0, 0.1) is 12.8 Å². The van der Waals surface area contributed by atoms with Gasteiger partial charge in [0.15, 0.2) is 0 Å². The van der Waals surface area contributed by atoms with Crippen LogP contribution in [0.5, 0.6) is 11.5 Å². The number of benzene rings is 2. The van der Waals surface area contributed by atoms with E-state index in [2.05, 4.69) is 13.8 Å². The molecule has 2 aromatic carbocycles. The van der Waals surface area contributed by atoms with Crippen LogP contribution in [0.15, 0.2) is 42.5 Å². The zero-order valence-electron chi connectivity index (χ0n) is 15.1. The van der Waals surface area contributed by atoms with Crippen molar-refractivity contribution in [2.24, 2.45) is 5.92 Å². The number of aryl methyl sites for hydroxylation is 1. The average Bonchev–Trinajstić information content (AvgIpc) is 2.58. The van der Waals surface area contributed by atoms with Crippen molar-refractivity contribution in [3.05, 3.63) is 59.2 Å². The second kappa shape index (κ2) is 8.38. The van der Waals surface area contributed by atoms with Gasteiger partial charge in [-0.2, -0.15) is 0 Å². The van der Waals surface area contributed by atoms with Crippen molar-refractivity contribution in [3.8, 4) is 11.5 Å².